The lowest BCUT2D eigenvalue weighted by Crippen LogP contribution is -2.49. The van der Waals surface area contributed by atoms with Crippen molar-refractivity contribution in [1.82, 2.24) is 51.1 Å². The van der Waals surface area contributed by atoms with Gasteiger partial charge in [0, 0.05) is 38.0 Å². The molecule has 11 N–H and O–H groups in total. The SMILES string of the molecule is O=C(N[C@@H]1Cc2ccccc2[C@@H](C(=O)N2C[C@@H](O)[C@@H](O)C2)NC1=O)c1cc2sc(Cl)c(Cl)c2[nH]1.O=C(N[C@H]1COc2ccncc2NC1=O)c1cc2sc(Br)cc2[nH]1.O=C(N[C@H]1COc2ncccc2NC1=O)c1cc2sc(Br)cc2[nH]1. The van der Waals surface area contributed by atoms with Gasteiger partial charge in [-0.25, -0.2) is 4.98 Å². The van der Waals surface area contributed by atoms with Crippen molar-refractivity contribution in [2.75, 3.05) is 36.9 Å². The number of rotatable bonds is 7. The van der Waals surface area contributed by atoms with E-state index in [1.807, 2.05) is 12.1 Å². The van der Waals surface area contributed by atoms with Crippen molar-refractivity contribution in [2.45, 2.75) is 42.8 Å². The largest absolute Gasteiger partial charge is 0.489 e. The van der Waals surface area contributed by atoms with Crippen LogP contribution < -0.4 is 41.4 Å². The summed E-state index contributed by atoms with van der Waals surface area (Å²) >= 11 is 23.3. The van der Waals surface area contributed by atoms with Gasteiger partial charge in [0.1, 0.15) is 75.9 Å². The number of aromatic nitrogens is 5. The van der Waals surface area contributed by atoms with E-state index in [1.165, 1.54) is 45.1 Å². The lowest BCUT2D eigenvalue weighted by atomic mass is 9.97. The lowest BCUT2D eigenvalue weighted by Gasteiger charge is -2.24. The molecule has 0 saturated carbocycles. The summed E-state index contributed by atoms with van der Waals surface area (Å²) in [7, 11) is 0. The van der Waals surface area contributed by atoms with E-state index in [2.05, 4.69) is 88.7 Å². The fourth-order valence-corrected chi connectivity index (χ4v) is 13.8. The molecule has 0 bridgehead atoms. The van der Waals surface area contributed by atoms with Gasteiger partial charge in [-0.05, 0) is 85.5 Å². The highest BCUT2D eigenvalue weighted by Gasteiger charge is 2.40. The van der Waals surface area contributed by atoms with Gasteiger partial charge in [0.25, 0.3) is 29.5 Å². The smallest absolute Gasteiger partial charge is 0.268 e. The Morgan fingerprint density at radius 3 is 1.89 bits per heavy atom. The topological polar surface area (TPSA) is 327 Å². The van der Waals surface area contributed by atoms with Crippen LogP contribution in [-0.4, -0.2) is 138 Å². The first-order valence-electron chi connectivity index (χ1n) is 24.7. The lowest BCUT2D eigenvalue weighted by molar-refractivity contribution is -0.136. The zero-order chi connectivity index (χ0) is 57.5. The van der Waals surface area contributed by atoms with Gasteiger partial charge in [0.2, 0.25) is 17.7 Å². The molecule has 0 spiro atoms. The van der Waals surface area contributed by atoms with Crippen LogP contribution in [0.15, 0.2) is 99.0 Å². The number of aromatic amines is 3. The van der Waals surface area contributed by atoms with Crippen molar-refractivity contribution in [1.29, 1.82) is 0 Å². The molecule has 82 heavy (non-hydrogen) atoms. The number of nitrogens with one attached hydrogen (secondary N) is 9. The predicted molar refractivity (Wildman–Crippen MR) is 314 cm³/mol. The summed E-state index contributed by atoms with van der Waals surface area (Å²) in [6.45, 7) is 0.0217. The fourth-order valence-electron chi connectivity index (χ4n) is 9.20. The Balaban J connectivity index is 0.000000132. The van der Waals surface area contributed by atoms with Crippen LogP contribution in [0.4, 0.5) is 11.4 Å². The molecule has 23 nitrogen and oxygen atoms in total. The van der Waals surface area contributed by atoms with E-state index >= 15 is 0 Å². The number of anilines is 2. The van der Waals surface area contributed by atoms with Crippen LogP contribution in [0.5, 0.6) is 11.6 Å². The second-order valence-corrected chi connectivity index (χ2v) is 25.7. The van der Waals surface area contributed by atoms with E-state index < -0.39 is 54.1 Å². The summed E-state index contributed by atoms with van der Waals surface area (Å²) < 4.78 is 16.1. The molecule has 4 aliphatic heterocycles. The highest BCUT2D eigenvalue weighted by Crippen LogP contribution is 2.39. The zero-order valence-corrected chi connectivity index (χ0v) is 48.9. The third kappa shape index (κ3) is 12.1. The molecule has 9 aromatic rings. The summed E-state index contributed by atoms with van der Waals surface area (Å²) in [6, 6.07) is 17.6. The molecule has 1 fully saturated rings. The zero-order valence-electron chi connectivity index (χ0n) is 41.8. The number of benzene rings is 1. The van der Waals surface area contributed by atoms with Crippen molar-refractivity contribution >= 4 is 172 Å². The van der Waals surface area contributed by atoms with E-state index in [9.17, 15) is 43.8 Å². The van der Waals surface area contributed by atoms with Gasteiger partial charge in [0.15, 0.2) is 0 Å². The normalized spacial score (nSPS) is 20.1. The first-order chi connectivity index (χ1) is 39.4. The van der Waals surface area contributed by atoms with Crippen LogP contribution in [0.1, 0.15) is 48.6 Å². The summed E-state index contributed by atoms with van der Waals surface area (Å²) in [6.07, 6.45) is 2.78. The minimum Gasteiger partial charge on any atom is -0.489 e. The molecule has 4 aliphatic rings. The number of thiophene rings is 3. The van der Waals surface area contributed by atoms with Crippen LogP contribution in [0.3, 0.4) is 0 Å². The van der Waals surface area contributed by atoms with Crippen molar-refractivity contribution in [3.8, 4) is 11.6 Å². The molecule has 422 valence electrons. The van der Waals surface area contributed by atoms with Crippen LogP contribution in [0, 0.1) is 0 Å². The van der Waals surface area contributed by atoms with Gasteiger partial charge < -0.3 is 71.4 Å². The van der Waals surface area contributed by atoms with Gasteiger partial charge in [-0.3, -0.25) is 38.5 Å². The number of β-amino-alcohol motifs (C(OH)–C–C–N with tert-alkyl or cyclic N) is 2. The Morgan fingerprint density at radius 1 is 0.671 bits per heavy atom. The van der Waals surface area contributed by atoms with E-state index in [4.69, 9.17) is 32.7 Å². The molecule has 12 heterocycles. The van der Waals surface area contributed by atoms with Gasteiger partial charge in [-0.2, -0.15) is 0 Å². The molecular weight excluding hydrogens is 1300 g/mol. The average Bonchev–Trinajstić information content (AvgIpc) is 4.52. The van der Waals surface area contributed by atoms with Crippen molar-refractivity contribution < 1.29 is 53.2 Å². The number of carbonyl (C=O) groups is 7. The van der Waals surface area contributed by atoms with E-state index in [0.717, 1.165) is 38.3 Å². The third-order valence-electron chi connectivity index (χ3n) is 13.3. The number of amides is 7. The summed E-state index contributed by atoms with van der Waals surface area (Å²) in [5.74, 6) is -1.98. The Labute approximate surface area is 501 Å². The van der Waals surface area contributed by atoms with Crippen LogP contribution >= 0.6 is 89.1 Å². The quantitative estimate of drug-likeness (QED) is 0.0798. The van der Waals surface area contributed by atoms with Crippen molar-refractivity contribution in [2.24, 2.45) is 0 Å². The average molecular weight is 1340 g/mol. The van der Waals surface area contributed by atoms with Crippen molar-refractivity contribution in [3.63, 3.8) is 0 Å². The van der Waals surface area contributed by atoms with Crippen LogP contribution in [0.25, 0.3) is 30.6 Å². The number of aliphatic hydroxyl groups is 2. The number of halogens is 4. The van der Waals surface area contributed by atoms with E-state index in [1.54, 1.807) is 73.1 Å². The second kappa shape index (κ2) is 23.8. The van der Waals surface area contributed by atoms with Gasteiger partial charge in [-0.1, -0.05) is 47.5 Å². The maximum Gasteiger partial charge on any atom is 0.268 e. The number of likely N-dealkylation sites (tertiary alicyclic amines) is 1. The summed E-state index contributed by atoms with van der Waals surface area (Å²) in [5, 5.41) is 36.3. The molecule has 6 atom stereocenters. The van der Waals surface area contributed by atoms with Crippen LogP contribution in [-0.2, 0) is 25.6 Å². The number of aliphatic hydroxyl groups excluding tert-OH is 2. The second-order valence-electron chi connectivity index (χ2n) is 18.8. The standard InChI is InChI=1S/C22H20Cl2N4O5S.2C15H11BrN4O3S/c23-16-18-15(34-19(16)24)6-12(25-18)20(31)26-11-5-9-3-1-2-4-10(9)17(27-21(11)32)22(33)28-7-13(29)14(30)8-28;16-13-4-7-12(24-13)3-8(18-7)14(21)20-10-6-23-11-1-2-17-5-9(11)19-15(10)22;16-12-5-8-11(24-12)4-9(18-8)13(21)20-10-6-23-15-7(19-14(10)22)2-1-3-17-15/h1-4,6,11,13-14,17,25,29-30H,5,7-8H2,(H,26,31)(H,27,32);2*1-5,10,18H,6H2,(H,19,22)(H,20,21)/t11-,13-,14+,17+;2*10-/m100/s1. The monoisotopic (exact) mass is 1330 g/mol. The molecule has 1 saturated heterocycles. The van der Waals surface area contributed by atoms with Crippen molar-refractivity contribution in [3.05, 3.63) is 137 Å². The molecule has 8 aromatic heterocycles. The fraction of sp³-hybridized carbons (Fsp3) is 0.212. The molecule has 30 heteroatoms. The summed E-state index contributed by atoms with van der Waals surface area (Å²) in [5.41, 5.74) is 5.65. The Hall–Kier alpha value is -7.41. The van der Waals surface area contributed by atoms with Gasteiger partial charge in [0.05, 0.1) is 61.7 Å². The van der Waals surface area contributed by atoms with Gasteiger partial charge in [-0.15, -0.1) is 34.0 Å². The number of ether oxygens (including phenoxy) is 2. The van der Waals surface area contributed by atoms with Gasteiger partial charge >= 0.3 is 0 Å². The summed E-state index contributed by atoms with van der Waals surface area (Å²) in [4.78, 5) is 107. The Morgan fingerprint density at radius 2 is 1.26 bits per heavy atom. The van der Waals surface area contributed by atoms with E-state index in [-0.39, 0.29) is 62.0 Å². The highest BCUT2D eigenvalue weighted by atomic mass is 79.9. The highest BCUT2D eigenvalue weighted by molar-refractivity contribution is 9.11. The molecule has 0 unspecified atom stereocenters. The van der Waals surface area contributed by atoms with Crippen LogP contribution in [0.2, 0.25) is 9.36 Å². The minimum atomic E-state index is -1.04. The van der Waals surface area contributed by atoms with E-state index in [0.29, 0.717) is 54.8 Å². The Bertz CT molecular complexity index is 3790. The number of nitrogens with zero attached hydrogens (tertiary/aromatic N) is 3. The first-order valence-corrected chi connectivity index (χ1v) is 29.5. The molecule has 7 amide bonds. The number of carbonyl (C=O) groups excluding carboxylic acids is 7. The number of fused-ring (bicyclic) bond motifs is 6. The predicted octanol–water partition coefficient (Wildman–Crippen LogP) is 6.65. The molecule has 0 aliphatic carbocycles. The molecular formula is C52H42Br2Cl2N12O11S3. The maximum atomic E-state index is 13.2. The number of H-pyrrole nitrogens is 3. The number of hydrogen-bond donors (Lipinski definition) is 11. The Kier molecular flexibility index (Phi) is 16.4. The number of pyridine rings is 2. The third-order valence-corrected chi connectivity index (χ3v) is 18.4. The molecule has 0 radical (unpaired) electrons. The minimum absolute atomic E-state index is 0.0161. The number of hydrogen-bond acceptors (Lipinski definition) is 16. The maximum absolute atomic E-state index is 13.2. The molecule has 1 aromatic carbocycles. The molecule has 13 rings (SSSR count). The first kappa shape index (κ1) is 56.5.